The Morgan fingerprint density at radius 2 is 1.94 bits per heavy atom. The number of carbonyl (C=O) groups is 1. The molecular weight excluding hydrogens is 246 g/mol. The number of hydrogen-bond acceptors (Lipinski definition) is 5. The first-order chi connectivity index (χ1) is 7.97. The summed E-state index contributed by atoms with van der Waals surface area (Å²) in [6.07, 6.45) is 0.644. The number of ether oxygens (including phenoxy) is 2. The van der Waals surface area contributed by atoms with Crippen molar-refractivity contribution in [3.63, 3.8) is 0 Å². The van der Waals surface area contributed by atoms with Crippen LogP contribution in [0.1, 0.15) is 20.3 Å². The van der Waals surface area contributed by atoms with Crippen LogP contribution in [0.25, 0.3) is 0 Å². The zero-order valence-corrected chi connectivity index (χ0v) is 11.5. The van der Waals surface area contributed by atoms with Gasteiger partial charge in [-0.3, -0.25) is 4.79 Å². The van der Waals surface area contributed by atoms with Crippen LogP contribution in [-0.2, 0) is 24.3 Å². The molecule has 0 saturated carbocycles. The molecule has 0 saturated heterocycles. The summed E-state index contributed by atoms with van der Waals surface area (Å²) in [5.41, 5.74) is 0. The van der Waals surface area contributed by atoms with Crippen LogP contribution in [0.4, 0.5) is 0 Å². The Hall–Kier alpha value is -0.660. The van der Waals surface area contributed by atoms with Crippen molar-refractivity contribution in [1.82, 2.24) is 4.31 Å². The Bertz CT molecular complexity index is 315. The molecule has 0 heterocycles. The quantitative estimate of drug-likeness (QED) is 0.442. The van der Waals surface area contributed by atoms with Gasteiger partial charge < -0.3 is 9.47 Å². The van der Waals surface area contributed by atoms with E-state index in [1.54, 1.807) is 6.92 Å². The lowest BCUT2D eigenvalue weighted by Crippen LogP contribution is -2.39. The van der Waals surface area contributed by atoms with E-state index in [2.05, 4.69) is 4.74 Å². The molecule has 0 atom stereocenters. The lowest BCUT2D eigenvalue weighted by Gasteiger charge is -2.20. The minimum Gasteiger partial charge on any atom is -0.468 e. The van der Waals surface area contributed by atoms with E-state index >= 15 is 0 Å². The van der Waals surface area contributed by atoms with E-state index in [-0.39, 0.29) is 18.9 Å². The smallest absolute Gasteiger partial charge is 0.321 e. The zero-order valence-electron chi connectivity index (χ0n) is 10.6. The summed E-state index contributed by atoms with van der Waals surface area (Å²) in [6, 6.07) is 0. The molecule has 0 amide bonds. The van der Waals surface area contributed by atoms with Crippen LogP contribution in [0.5, 0.6) is 0 Å². The van der Waals surface area contributed by atoms with Gasteiger partial charge in [0.2, 0.25) is 10.0 Å². The predicted octanol–water partition coefficient (Wildman–Crippen LogP) is 0.238. The fourth-order valence-corrected chi connectivity index (χ4v) is 2.56. The molecule has 0 aromatic carbocycles. The third-order valence-corrected chi connectivity index (χ3v) is 3.87. The Labute approximate surface area is 103 Å². The molecule has 0 aromatic rings. The maximum atomic E-state index is 11.9. The lowest BCUT2D eigenvalue weighted by molar-refractivity contribution is -0.140. The van der Waals surface area contributed by atoms with Gasteiger partial charge in [-0.05, 0) is 13.3 Å². The topological polar surface area (TPSA) is 72.9 Å². The predicted molar refractivity (Wildman–Crippen MR) is 64.2 cm³/mol. The van der Waals surface area contributed by atoms with Gasteiger partial charge in [0.15, 0.2) is 0 Å². The van der Waals surface area contributed by atoms with E-state index < -0.39 is 16.0 Å². The maximum Gasteiger partial charge on any atom is 0.321 e. The molecule has 0 radical (unpaired) electrons. The highest BCUT2D eigenvalue weighted by Gasteiger charge is 2.23. The van der Waals surface area contributed by atoms with Crippen molar-refractivity contribution < 1.29 is 22.7 Å². The molecule has 0 N–H and O–H groups in total. The van der Waals surface area contributed by atoms with E-state index in [9.17, 15) is 13.2 Å². The highest BCUT2D eigenvalue weighted by Crippen LogP contribution is 2.03. The number of sulfonamides is 1. The summed E-state index contributed by atoms with van der Waals surface area (Å²) >= 11 is 0. The molecule has 0 rings (SSSR count). The number of carbonyl (C=O) groups excluding carboxylic acids is 1. The Kier molecular flexibility index (Phi) is 8.11. The van der Waals surface area contributed by atoms with Crippen molar-refractivity contribution in [3.8, 4) is 0 Å². The highest BCUT2D eigenvalue weighted by molar-refractivity contribution is 7.89. The number of nitrogens with zero attached hydrogens (tertiary/aromatic N) is 1. The third-order valence-electron chi connectivity index (χ3n) is 2.09. The average molecular weight is 267 g/mol. The van der Waals surface area contributed by atoms with Gasteiger partial charge in [0.1, 0.15) is 6.54 Å². The summed E-state index contributed by atoms with van der Waals surface area (Å²) in [4.78, 5) is 11.1. The van der Waals surface area contributed by atoms with Crippen molar-refractivity contribution in [2.24, 2.45) is 0 Å². The molecule has 0 unspecified atom stereocenters. The molecular formula is C10H21NO5S. The highest BCUT2D eigenvalue weighted by atomic mass is 32.2. The number of rotatable bonds is 9. The van der Waals surface area contributed by atoms with E-state index in [0.29, 0.717) is 19.6 Å². The van der Waals surface area contributed by atoms with Crippen molar-refractivity contribution in [3.05, 3.63) is 0 Å². The van der Waals surface area contributed by atoms with Crippen LogP contribution in [-0.4, -0.2) is 57.9 Å². The molecule has 7 heteroatoms. The summed E-state index contributed by atoms with van der Waals surface area (Å²) in [5.74, 6) is -0.670. The average Bonchev–Trinajstić information content (AvgIpc) is 2.28. The molecule has 17 heavy (non-hydrogen) atoms. The molecule has 0 aromatic heterocycles. The largest absolute Gasteiger partial charge is 0.468 e. The van der Waals surface area contributed by atoms with Crippen molar-refractivity contribution in [2.75, 3.05) is 39.2 Å². The van der Waals surface area contributed by atoms with Gasteiger partial charge in [0, 0.05) is 13.2 Å². The van der Waals surface area contributed by atoms with Gasteiger partial charge in [0.05, 0.1) is 19.5 Å². The molecule has 0 spiro atoms. The summed E-state index contributed by atoms with van der Waals surface area (Å²) < 4.78 is 34.4. The Morgan fingerprint density at radius 1 is 1.29 bits per heavy atom. The van der Waals surface area contributed by atoms with Gasteiger partial charge >= 0.3 is 5.97 Å². The molecule has 0 fully saturated rings. The Morgan fingerprint density at radius 3 is 2.41 bits per heavy atom. The van der Waals surface area contributed by atoms with Crippen molar-refractivity contribution in [2.45, 2.75) is 20.3 Å². The molecule has 6 nitrogen and oxygen atoms in total. The standard InChI is InChI=1S/C10H21NO5S/c1-4-6-11(9-10(12)15-3)17(13,14)8-7-16-5-2/h4-9H2,1-3H3. The van der Waals surface area contributed by atoms with Gasteiger partial charge in [-0.25, -0.2) is 8.42 Å². The summed E-state index contributed by atoms with van der Waals surface area (Å²) in [5, 5.41) is 0. The Balaban J connectivity index is 4.49. The van der Waals surface area contributed by atoms with Crippen LogP contribution in [0.3, 0.4) is 0 Å². The van der Waals surface area contributed by atoms with E-state index in [0.717, 1.165) is 4.31 Å². The van der Waals surface area contributed by atoms with Gasteiger partial charge in [-0.15, -0.1) is 0 Å². The van der Waals surface area contributed by atoms with Crippen LogP contribution >= 0.6 is 0 Å². The van der Waals surface area contributed by atoms with Gasteiger partial charge in [0.25, 0.3) is 0 Å². The van der Waals surface area contributed by atoms with Crippen molar-refractivity contribution >= 4 is 16.0 Å². The van der Waals surface area contributed by atoms with E-state index in [4.69, 9.17) is 4.74 Å². The second-order valence-corrected chi connectivity index (χ2v) is 5.51. The first-order valence-electron chi connectivity index (χ1n) is 5.60. The van der Waals surface area contributed by atoms with Gasteiger partial charge in [-0.1, -0.05) is 6.92 Å². The fraction of sp³-hybridized carbons (Fsp3) is 0.900. The van der Waals surface area contributed by atoms with E-state index in [1.807, 2.05) is 6.92 Å². The molecule has 0 aliphatic carbocycles. The van der Waals surface area contributed by atoms with Crippen molar-refractivity contribution in [1.29, 1.82) is 0 Å². The second kappa shape index (κ2) is 8.43. The molecule has 0 bridgehead atoms. The van der Waals surface area contributed by atoms with Crippen LogP contribution in [0.2, 0.25) is 0 Å². The van der Waals surface area contributed by atoms with Gasteiger partial charge in [-0.2, -0.15) is 4.31 Å². The van der Waals surface area contributed by atoms with E-state index in [1.165, 1.54) is 7.11 Å². The lowest BCUT2D eigenvalue weighted by atomic mass is 10.5. The SMILES string of the molecule is CCCN(CC(=O)OC)S(=O)(=O)CCOCC. The molecule has 0 aliphatic heterocycles. The summed E-state index contributed by atoms with van der Waals surface area (Å²) in [6.45, 7) is 4.33. The van der Waals surface area contributed by atoms with Crippen LogP contribution < -0.4 is 0 Å². The molecule has 102 valence electrons. The first kappa shape index (κ1) is 16.3. The number of esters is 1. The summed E-state index contributed by atoms with van der Waals surface area (Å²) in [7, 11) is -2.22. The normalized spacial score (nSPS) is 11.8. The maximum absolute atomic E-state index is 11.9. The third kappa shape index (κ3) is 6.60. The molecule has 0 aliphatic rings. The monoisotopic (exact) mass is 267 g/mol. The fourth-order valence-electron chi connectivity index (χ4n) is 1.21. The minimum absolute atomic E-state index is 0.113. The zero-order chi connectivity index (χ0) is 13.3. The number of hydrogen-bond donors (Lipinski definition) is 0. The minimum atomic E-state index is -3.45. The van der Waals surface area contributed by atoms with Crippen LogP contribution in [0.15, 0.2) is 0 Å². The second-order valence-electron chi connectivity index (χ2n) is 3.42. The number of methoxy groups -OCH3 is 1. The first-order valence-corrected chi connectivity index (χ1v) is 7.21. The van der Waals surface area contributed by atoms with Crippen LogP contribution in [0, 0.1) is 0 Å².